The van der Waals surface area contributed by atoms with Crippen LogP contribution in [-0.4, -0.2) is 17.1 Å². The molecule has 0 bridgehead atoms. The molecule has 0 spiro atoms. The van der Waals surface area contributed by atoms with Crippen LogP contribution in [-0.2, 0) is 0 Å². The molecule has 0 saturated heterocycles. The van der Waals surface area contributed by atoms with Crippen molar-refractivity contribution in [3.8, 4) is 5.75 Å². The summed E-state index contributed by atoms with van der Waals surface area (Å²) in [4.78, 5) is 7.83. The average molecular weight is 150 g/mol. The fourth-order valence-electron chi connectivity index (χ4n) is 0.913. The number of hydrogen-bond acceptors (Lipinski definition) is 4. The summed E-state index contributed by atoms with van der Waals surface area (Å²) in [5, 5.41) is 0. The highest BCUT2D eigenvalue weighted by molar-refractivity contribution is 5.74. The number of nitrogens with zero attached hydrogens (tertiary/aromatic N) is 2. The summed E-state index contributed by atoms with van der Waals surface area (Å²) in [6.45, 7) is 0. The summed E-state index contributed by atoms with van der Waals surface area (Å²) in [6.07, 6.45) is 2.98. The molecule has 0 aromatic carbocycles. The Hall–Kier alpha value is -1.58. The highest BCUT2D eigenvalue weighted by atomic mass is 16.5. The molecular weight excluding hydrogens is 144 g/mol. The van der Waals surface area contributed by atoms with Gasteiger partial charge in [0.25, 0.3) is 0 Å². The minimum absolute atomic E-state index is 0.573. The molecule has 0 amide bonds. The van der Waals surface area contributed by atoms with Gasteiger partial charge < -0.3 is 9.15 Å². The van der Waals surface area contributed by atoms with Gasteiger partial charge in [-0.2, -0.15) is 4.98 Å². The maximum atomic E-state index is 5.04. The summed E-state index contributed by atoms with van der Waals surface area (Å²) < 4.78 is 10.1. The largest absolute Gasteiger partial charge is 0.493 e. The molecule has 0 aliphatic heterocycles. The van der Waals surface area contributed by atoms with Crippen molar-refractivity contribution in [1.82, 2.24) is 9.97 Å². The van der Waals surface area contributed by atoms with Crippen LogP contribution >= 0.6 is 0 Å². The van der Waals surface area contributed by atoms with Crippen LogP contribution in [0, 0.1) is 0 Å². The molecule has 4 heteroatoms. The highest BCUT2D eigenvalue weighted by Gasteiger charge is 2.04. The van der Waals surface area contributed by atoms with Crippen LogP contribution < -0.4 is 4.74 Å². The van der Waals surface area contributed by atoms with Gasteiger partial charge >= 0.3 is 0 Å². The van der Waals surface area contributed by atoms with Gasteiger partial charge in [0, 0.05) is 12.3 Å². The van der Waals surface area contributed by atoms with Crippen molar-refractivity contribution < 1.29 is 9.15 Å². The van der Waals surface area contributed by atoms with E-state index < -0.39 is 0 Å². The highest BCUT2D eigenvalue weighted by Crippen LogP contribution is 2.21. The molecule has 4 nitrogen and oxygen atoms in total. The normalized spacial score (nSPS) is 10.3. The third kappa shape index (κ3) is 0.832. The molecule has 0 fully saturated rings. The lowest BCUT2D eigenvalue weighted by atomic mass is 10.4. The molecule has 2 aromatic rings. The Labute approximate surface area is 62.8 Å². The van der Waals surface area contributed by atoms with Crippen molar-refractivity contribution in [1.29, 1.82) is 0 Å². The first-order valence-corrected chi connectivity index (χ1v) is 3.14. The minimum Gasteiger partial charge on any atom is -0.493 e. The van der Waals surface area contributed by atoms with Gasteiger partial charge in [-0.25, -0.2) is 4.98 Å². The van der Waals surface area contributed by atoms with Gasteiger partial charge in [-0.1, -0.05) is 0 Å². The molecule has 0 saturated carbocycles. The number of rotatable bonds is 1. The van der Waals surface area contributed by atoms with E-state index in [1.165, 1.54) is 6.39 Å². The van der Waals surface area contributed by atoms with E-state index in [4.69, 9.17) is 9.15 Å². The van der Waals surface area contributed by atoms with Gasteiger partial charge in [-0.05, 0) is 0 Å². The van der Waals surface area contributed by atoms with Crippen LogP contribution in [0.15, 0.2) is 23.1 Å². The number of methoxy groups -OCH3 is 1. The van der Waals surface area contributed by atoms with Crippen LogP contribution in [0.3, 0.4) is 0 Å². The second-order valence-electron chi connectivity index (χ2n) is 2.02. The van der Waals surface area contributed by atoms with E-state index >= 15 is 0 Å². The third-order valence-electron chi connectivity index (χ3n) is 1.42. The van der Waals surface area contributed by atoms with Gasteiger partial charge in [0.05, 0.1) is 7.11 Å². The maximum Gasteiger partial charge on any atom is 0.215 e. The van der Waals surface area contributed by atoms with Crippen LogP contribution in [0.5, 0.6) is 5.75 Å². The summed E-state index contributed by atoms with van der Waals surface area (Å²) in [7, 11) is 1.58. The molecule has 0 atom stereocenters. The molecular formula is C7H6N2O2. The molecule has 0 aliphatic rings. The molecule has 0 unspecified atom stereocenters. The summed E-state index contributed by atoms with van der Waals surface area (Å²) >= 11 is 0. The number of aromatic nitrogens is 2. The van der Waals surface area contributed by atoms with Crippen molar-refractivity contribution in [2.45, 2.75) is 0 Å². The molecule has 0 aliphatic carbocycles. The SMILES string of the molecule is COc1ccnc2ncoc12. The Morgan fingerprint density at radius 2 is 2.36 bits per heavy atom. The lowest BCUT2D eigenvalue weighted by Gasteiger charge is -1.96. The van der Waals surface area contributed by atoms with Gasteiger partial charge in [-0.15, -0.1) is 0 Å². The Kier molecular flexibility index (Phi) is 1.25. The first-order valence-electron chi connectivity index (χ1n) is 3.14. The van der Waals surface area contributed by atoms with E-state index in [2.05, 4.69) is 9.97 Å². The Bertz CT molecular complexity index is 369. The van der Waals surface area contributed by atoms with Crippen molar-refractivity contribution in [3.05, 3.63) is 18.7 Å². The van der Waals surface area contributed by atoms with E-state index in [0.717, 1.165) is 0 Å². The van der Waals surface area contributed by atoms with E-state index in [-0.39, 0.29) is 0 Å². The lowest BCUT2D eigenvalue weighted by Crippen LogP contribution is -1.83. The van der Waals surface area contributed by atoms with E-state index in [1.807, 2.05) is 0 Å². The zero-order valence-corrected chi connectivity index (χ0v) is 5.94. The molecule has 0 radical (unpaired) electrons. The van der Waals surface area contributed by atoms with Gasteiger partial charge in [0.2, 0.25) is 11.2 Å². The van der Waals surface area contributed by atoms with Gasteiger partial charge in [0.15, 0.2) is 12.1 Å². The maximum absolute atomic E-state index is 5.04. The van der Waals surface area contributed by atoms with Crippen LogP contribution in [0.1, 0.15) is 0 Å². The van der Waals surface area contributed by atoms with Crippen molar-refractivity contribution in [3.63, 3.8) is 0 Å². The van der Waals surface area contributed by atoms with Crippen molar-refractivity contribution >= 4 is 11.2 Å². The molecule has 0 N–H and O–H groups in total. The van der Waals surface area contributed by atoms with Gasteiger partial charge in [0.1, 0.15) is 0 Å². The minimum atomic E-state index is 0.573. The Morgan fingerprint density at radius 1 is 1.45 bits per heavy atom. The van der Waals surface area contributed by atoms with E-state index in [9.17, 15) is 0 Å². The number of oxazole rings is 1. The van der Waals surface area contributed by atoms with Crippen molar-refractivity contribution in [2.24, 2.45) is 0 Å². The second kappa shape index (κ2) is 2.23. The molecule has 2 heterocycles. The van der Waals surface area contributed by atoms with Crippen LogP contribution in [0.25, 0.3) is 11.2 Å². The predicted octanol–water partition coefficient (Wildman–Crippen LogP) is 1.23. The van der Waals surface area contributed by atoms with Crippen LogP contribution in [0.4, 0.5) is 0 Å². The monoisotopic (exact) mass is 150 g/mol. The number of hydrogen-bond donors (Lipinski definition) is 0. The number of fused-ring (bicyclic) bond motifs is 1. The zero-order chi connectivity index (χ0) is 7.68. The van der Waals surface area contributed by atoms with Gasteiger partial charge in [-0.3, -0.25) is 0 Å². The number of ether oxygens (including phenoxy) is 1. The lowest BCUT2D eigenvalue weighted by molar-refractivity contribution is 0.409. The summed E-state index contributed by atoms with van der Waals surface area (Å²) in [5.41, 5.74) is 1.17. The third-order valence-corrected chi connectivity index (χ3v) is 1.42. The topological polar surface area (TPSA) is 48.2 Å². The van der Waals surface area contributed by atoms with Crippen molar-refractivity contribution in [2.75, 3.05) is 7.11 Å². The van der Waals surface area contributed by atoms with Crippen LogP contribution in [0.2, 0.25) is 0 Å². The summed E-state index contributed by atoms with van der Waals surface area (Å²) in [5.74, 6) is 0.660. The van der Waals surface area contributed by atoms with E-state index in [1.54, 1.807) is 19.4 Å². The number of pyridine rings is 1. The van der Waals surface area contributed by atoms with E-state index in [0.29, 0.717) is 17.0 Å². The second-order valence-corrected chi connectivity index (χ2v) is 2.02. The smallest absolute Gasteiger partial charge is 0.215 e. The zero-order valence-electron chi connectivity index (χ0n) is 5.94. The predicted molar refractivity (Wildman–Crippen MR) is 38.4 cm³/mol. The molecule has 2 rings (SSSR count). The summed E-state index contributed by atoms with van der Waals surface area (Å²) in [6, 6.07) is 1.73. The Balaban J connectivity index is 2.79. The molecule has 11 heavy (non-hydrogen) atoms. The quantitative estimate of drug-likeness (QED) is 0.613. The first kappa shape index (κ1) is 6.15. The molecule has 56 valence electrons. The molecule has 2 aromatic heterocycles. The fourth-order valence-corrected chi connectivity index (χ4v) is 0.913. The first-order chi connectivity index (χ1) is 5.42. The Morgan fingerprint density at radius 3 is 3.18 bits per heavy atom. The fraction of sp³-hybridized carbons (Fsp3) is 0.143. The average Bonchev–Trinajstić information content (AvgIpc) is 2.50. The standard InChI is InChI=1S/C7H6N2O2/c1-10-5-2-3-8-7-6(5)11-4-9-7/h2-4H,1H3.